The van der Waals surface area contributed by atoms with E-state index in [0.29, 0.717) is 19.6 Å². The number of amides is 9. The molecule has 0 spiro atoms. The van der Waals surface area contributed by atoms with Crippen molar-refractivity contribution in [1.82, 2.24) is 47.9 Å². The van der Waals surface area contributed by atoms with Crippen LogP contribution in [0.15, 0.2) is 0 Å². The summed E-state index contributed by atoms with van der Waals surface area (Å²) in [6, 6.07) is -8.17. The third kappa shape index (κ3) is 61.2. The Morgan fingerprint density at radius 1 is 0.245 bits per heavy atom. The summed E-state index contributed by atoms with van der Waals surface area (Å²) in [5, 5.41) is 78.7. The number of nitrogens with one attached hydrogen (secondary N) is 9. The van der Waals surface area contributed by atoms with Crippen LogP contribution >= 0.6 is 0 Å². The third-order valence-electron chi connectivity index (χ3n) is 16.4. The predicted molar refractivity (Wildman–Crippen MR) is 392 cm³/mol. The Morgan fingerprint density at radius 2 is 0.491 bits per heavy atom. The maximum atomic E-state index is 12.8. The number of carbonyl (C=O) groups is 16. The third-order valence-corrected chi connectivity index (χ3v) is 16.4. The van der Waals surface area contributed by atoms with E-state index in [2.05, 4.69) is 47.9 Å². The SMILES string of the molecule is CC(C)(C)C(=O)COCCCCCNC(=O)COCCOCCNC(=O)COCCOCCNC(=O)COCCOCCNC(=O)CC[C@H](NC(=O)CC[C@H](NC(=O)CC[C@H](NC(=O)CC[C@H](NC(=O)CC[C@H](NC(=O)CCCCCCCCCCCCCCCCC(=O)O)C(=O)O)C(=O)O)C(=O)O)C(=O)O)C(=O)O. The molecule has 38 heteroatoms. The molecule has 9 amide bonds. The van der Waals surface area contributed by atoms with Gasteiger partial charge in [0.2, 0.25) is 53.2 Å². The lowest BCUT2D eigenvalue weighted by Crippen LogP contribution is -2.46. The molecule has 0 bridgehead atoms. The topological polar surface area (TPSA) is 567 Å². The predicted octanol–water partition coefficient (Wildman–Crippen LogP) is 1.43. The van der Waals surface area contributed by atoms with Crippen LogP contribution in [0.2, 0.25) is 0 Å². The van der Waals surface area contributed by atoms with Crippen molar-refractivity contribution in [3.8, 4) is 0 Å². The van der Waals surface area contributed by atoms with Crippen molar-refractivity contribution in [1.29, 1.82) is 0 Å². The molecule has 0 saturated heterocycles. The minimum atomic E-state index is -1.74. The molecule has 0 aliphatic rings. The van der Waals surface area contributed by atoms with E-state index in [1.807, 2.05) is 20.8 Å². The second-order valence-corrected chi connectivity index (χ2v) is 27.0. The van der Waals surface area contributed by atoms with Gasteiger partial charge in [-0.25, -0.2) is 24.0 Å². The van der Waals surface area contributed by atoms with E-state index in [0.717, 1.165) is 103 Å². The maximum absolute atomic E-state index is 12.8. The van der Waals surface area contributed by atoms with Crippen molar-refractivity contribution in [2.45, 2.75) is 237 Å². The van der Waals surface area contributed by atoms with E-state index in [1.54, 1.807) is 0 Å². The van der Waals surface area contributed by atoms with Gasteiger partial charge in [0.15, 0.2) is 5.78 Å². The van der Waals surface area contributed by atoms with Crippen molar-refractivity contribution in [3.05, 3.63) is 0 Å². The first-order chi connectivity index (χ1) is 52.4. The number of carboxylic acid groups (broad SMARTS) is 6. The first kappa shape index (κ1) is 101. The highest BCUT2D eigenvalue weighted by molar-refractivity contribution is 5.89. The number of ketones is 1. The van der Waals surface area contributed by atoms with E-state index < -0.39 is 158 Å². The molecule has 0 heterocycles. The van der Waals surface area contributed by atoms with Crippen LogP contribution in [-0.2, 0) is 110 Å². The second-order valence-electron chi connectivity index (χ2n) is 27.0. The van der Waals surface area contributed by atoms with Gasteiger partial charge in [0.05, 0.1) is 59.5 Å². The highest BCUT2D eigenvalue weighted by atomic mass is 16.5. The van der Waals surface area contributed by atoms with Gasteiger partial charge >= 0.3 is 35.8 Å². The molecule has 15 N–H and O–H groups in total. The molecule has 0 unspecified atom stereocenters. The quantitative estimate of drug-likeness (QED) is 0.0383. The number of carbonyl (C=O) groups excluding carboxylic acids is 10. The number of carboxylic acids is 6. The highest BCUT2D eigenvalue weighted by Crippen LogP contribution is 2.16. The molecule has 0 radical (unpaired) electrons. The number of hydrogen-bond donors (Lipinski definition) is 15. The highest BCUT2D eigenvalue weighted by Gasteiger charge is 2.29. The van der Waals surface area contributed by atoms with Crippen LogP contribution in [0.4, 0.5) is 0 Å². The van der Waals surface area contributed by atoms with Crippen molar-refractivity contribution in [2.75, 3.05) is 119 Å². The Kier molecular flexibility index (Phi) is 60.1. The molecule has 0 saturated carbocycles. The summed E-state index contributed by atoms with van der Waals surface area (Å²) in [5.74, 6) is -14.4. The van der Waals surface area contributed by atoms with E-state index >= 15 is 0 Å². The summed E-state index contributed by atoms with van der Waals surface area (Å²) in [6.45, 7) is 7.70. The minimum absolute atomic E-state index is 0.0120. The summed E-state index contributed by atoms with van der Waals surface area (Å²) in [5.41, 5.74) is -0.422. The normalized spacial score (nSPS) is 12.5. The molecule has 110 heavy (non-hydrogen) atoms. The first-order valence-corrected chi connectivity index (χ1v) is 37.9. The smallest absolute Gasteiger partial charge is 0.326 e. The molecule has 0 rings (SSSR count). The number of hydrogen-bond acceptors (Lipinski definition) is 23. The lowest BCUT2D eigenvalue weighted by molar-refractivity contribution is -0.144. The zero-order valence-corrected chi connectivity index (χ0v) is 64.2. The zero-order valence-electron chi connectivity index (χ0n) is 64.2. The maximum Gasteiger partial charge on any atom is 0.326 e. The molecule has 0 aliphatic heterocycles. The number of ether oxygens (including phenoxy) is 7. The Balaban J connectivity index is 4.31. The molecular weight excluding hydrogens is 1450 g/mol. The first-order valence-electron chi connectivity index (χ1n) is 37.9. The fourth-order valence-electron chi connectivity index (χ4n) is 9.98. The molecule has 0 fully saturated rings. The van der Waals surface area contributed by atoms with Gasteiger partial charge in [-0.15, -0.1) is 0 Å². The van der Waals surface area contributed by atoms with E-state index in [1.165, 1.54) is 0 Å². The van der Waals surface area contributed by atoms with Crippen molar-refractivity contribution >= 4 is 94.8 Å². The molecular formula is C72H123N9O29. The van der Waals surface area contributed by atoms with Gasteiger partial charge in [0, 0.05) is 83.1 Å². The standard InChI is InChI=1S/C72H123N9O29/c1-72(2,3)56(82)47-107-37-20-16-19-33-73-63(89)48-108-44-42-105-39-35-75-65(91)50-110-46-43-106-40-36-76-64(90)49-109-45-41-104-38-34-74-57(83)28-23-51(67(94)95)78-59(85)30-25-53(69(98)99)80-61(87)32-27-55(71(102)103)81-62(88)31-26-54(70(100)101)79-60(86)29-24-52(68(96)97)77-58(84)21-17-14-12-10-8-6-4-5-7-9-11-13-15-18-22-66(92)93/h51-55H,4-50H2,1-3H3,(H,73,89)(H,74,83)(H,75,91)(H,76,90)(H,77,84)(H,78,85)(H,79,86)(H,80,87)(H,81,88)(H,92,93)(H,94,95)(H,96,97)(H,98,99)(H,100,101)(H,102,103)/t51-,52-,53-,54-,55-/m0/s1. The van der Waals surface area contributed by atoms with Crippen LogP contribution in [0.3, 0.4) is 0 Å². The van der Waals surface area contributed by atoms with Gasteiger partial charge in [-0.05, 0) is 64.2 Å². The molecule has 0 aromatic rings. The van der Waals surface area contributed by atoms with Crippen LogP contribution < -0.4 is 47.9 Å². The summed E-state index contributed by atoms with van der Waals surface area (Å²) >= 11 is 0. The van der Waals surface area contributed by atoms with Crippen LogP contribution in [-0.4, -0.2) is 274 Å². The Bertz CT molecular complexity index is 2760. The van der Waals surface area contributed by atoms with Gasteiger partial charge in [-0.1, -0.05) is 97.8 Å². The van der Waals surface area contributed by atoms with Crippen molar-refractivity contribution < 1.29 is 141 Å². The van der Waals surface area contributed by atoms with Gasteiger partial charge in [-0.3, -0.25) is 52.7 Å². The van der Waals surface area contributed by atoms with E-state index in [4.69, 9.17) is 38.3 Å². The molecule has 630 valence electrons. The molecule has 0 aromatic carbocycles. The van der Waals surface area contributed by atoms with Crippen LogP contribution in [0, 0.1) is 5.41 Å². The summed E-state index contributed by atoms with van der Waals surface area (Å²) in [7, 11) is 0. The number of unbranched alkanes of at least 4 members (excludes halogenated alkanes) is 15. The summed E-state index contributed by atoms with van der Waals surface area (Å²) in [4.78, 5) is 194. The molecule has 0 aliphatic carbocycles. The number of aliphatic carboxylic acids is 6. The van der Waals surface area contributed by atoms with Crippen LogP contribution in [0.25, 0.3) is 0 Å². The summed E-state index contributed by atoms with van der Waals surface area (Å²) < 4.78 is 37.4. The fraction of sp³-hybridized carbons (Fsp3) is 0.778. The average Bonchev–Trinajstić information content (AvgIpc) is 0.916. The molecule has 38 nitrogen and oxygen atoms in total. The van der Waals surface area contributed by atoms with Crippen LogP contribution in [0.5, 0.6) is 0 Å². The van der Waals surface area contributed by atoms with E-state index in [-0.39, 0.29) is 155 Å². The minimum Gasteiger partial charge on any atom is -0.481 e. The Morgan fingerprint density at radius 3 is 0.791 bits per heavy atom. The Labute approximate surface area is 642 Å². The number of Topliss-reactive ketones (excluding diaryl/α,β-unsaturated/α-hetero) is 1. The van der Waals surface area contributed by atoms with Gasteiger partial charge < -0.3 is 112 Å². The zero-order chi connectivity index (χ0) is 82.2. The Hall–Kier alpha value is -8.56. The van der Waals surface area contributed by atoms with E-state index in [9.17, 15) is 102 Å². The average molecular weight is 1580 g/mol. The van der Waals surface area contributed by atoms with Gasteiger partial charge in [-0.2, -0.15) is 0 Å². The second kappa shape index (κ2) is 65.2. The molecule has 0 aromatic heterocycles. The monoisotopic (exact) mass is 1580 g/mol. The van der Waals surface area contributed by atoms with Crippen molar-refractivity contribution in [3.63, 3.8) is 0 Å². The van der Waals surface area contributed by atoms with Crippen LogP contribution in [0.1, 0.15) is 207 Å². The largest absolute Gasteiger partial charge is 0.481 e. The summed E-state index contributed by atoms with van der Waals surface area (Å²) in [6.07, 6.45) is 11.2. The van der Waals surface area contributed by atoms with Gasteiger partial charge in [0.1, 0.15) is 56.6 Å². The fourth-order valence-corrected chi connectivity index (χ4v) is 9.98. The lowest BCUT2D eigenvalue weighted by Gasteiger charge is -2.19. The van der Waals surface area contributed by atoms with Crippen molar-refractivity contribution in [2.24, 2.45) is 5.41 Å². The number of rotatable bonds is 74. The lowest BCUT2D eigenvalue weighted by atomic mass is 9.91. The molecule has 5 atom stereocenters. The van der Waals surface area contributed by atoms with Gasteiger partial charge in [0.25, 0.3) is 0 Å².